The molecule has 0 bridgehead atoms. The van der Waals surface area contributed by atoms with Crippen molar-refractivity contribution < 1.29 is 0 Å². The van der Waals surface area contributed by atoms with Crippen LogP contribution >= 0.6 is 11.8 Å². The lowest BCUT2D eigenvalue weighted by Gasteiger charge is -2.24. The lowest BCUT2D eigenvalue weighted by molar-refractivity contribution is 0.793. The fraction of sp³-hybridized carbons (Fsp3) is 0.500. The van der Waals surface area contributed by atoms with Crippen molar-refractivity contribution in [1.29, 1.82) is 5.41 Å². The minimum Gasteiger partial charge on any atom is -0.388 e. The van der Waals surface area contributed by atoms with Gasteiger partial charge in [-0.1, -0.05) is 6.92 Å². The van der Waals surface area contributed by atoms with E-state index in [1.165, 1.54) is 11.8 Å². The van der Waals surface area contributed by atoms with Gasteiger partial charge >= 0.3 is 0 Å². The van der Waals surface area contributed by atoms with Crippen LogP contribution < -0.4 is 16.6 Å². The average molecular weight is 253 g/mol. The van der Waals surface area contributed by atoms with E-state index >= 15 is 0 Å². The number of rotatable bonds is 3. The maximum atomic E-state index is 11.7. The second-order valence-electron chi connectivity index (χ2n) is 3.93. The first-order valence-electron chi connectivity index (χ1n) is 5.45. The predicted molar refractivity (Wildman–Crippen MR) is 68.9 cm³/mol. The third-order valence-electron chi connectivity index (χ3n) is 2.50. The van der Waals surface area contributed by atoms with Gasteiger partial charge in [0.25, 0.3) is 5.56 Å². The number of anilines is 1. The van der Waals surface area contributed by atoms with E-state index in [4.69, 9.17) is 11.1 Å². The average Bonchev–Trinajstić information content (AvgIpc) is 2.27. The van der Waals surface area contributed by atoms with Crippen LogP contribution in [0.3, 0.4) is 0 Å². The number of amidine groups is 1. The van der Waals surface area contributed by atoms with Crippen molar-refractivity contribution in [3.05, 3.63) is 16.2 Å². The molecular formula is C10H15N5OS. The van der Waals surface area contributed by atoms with Crippen molar-refractivity contribution in [3.63, 3.8) is 0 Å². The van der Waals surface area contributed by atoms with Crippen LogP contribution in [0.1, 0.15) is 19.2 Å². The molecule has 1 aliphatic heterocycles. The van der Waals surface area contributed by atoms with E-state index in [1.54, 1.807) is 0 Å². The smallest absolute Gasteiger partial charge is 0.266 e. The van der Waals surface area contributed by atoms with E-state index in [-0.39, 0.29) is 17.4 Å². The van der Waals surface area contributed by atoms with Gasteiger partial charge in [-0.15, -0.1) is 11.8 Å². The quantitative estimate of drug-likeness (QED) is 0.464. The van der Waals surface area contributed by atoms with Crippen LogP contribution in [0, 0.1) is 5.41 Å². The van der Waals surface area contributed by atoms with Gasteiger partial charge in [-0.3, -0.25) is 10.2 Å². The van der Waals surface area contributed by atoms with Crippen LogP contribution in [0.4, 0.5) is 5.82 Å². The third-order valence-corrected chi connectivity index (χ3v) is 3.73. The summed E-state index contributed by atoms with van der Waals surface area (Å²) in [6.07, 6.45) is 1.16. The Morgan fingerprint density at radius 2 is 2.47 bits per heavy atom. The molecule has 1 unspecified atom stereocenters. The number of fused-ring (bicyclic) bond motifs is 1. The highest BCUT2D eigenvalue weighted by atomic mass is 32.2. The Bertz CT molecular complexity index is 498. The molecule has 2 heterocycles. The Hall–Kier alpha value is -1.50. The molecule has 17 heavy (non-hydrogen) atoms. The standard InChI is InChI=1S/C10H15N5OS/c1-2-7-14-9-8(10(16)15-7)17-4-5(13-9)3-6(11)12/h5H,2-4H2,1H3,(H3,11,12)(H2,13,14,15,16). The predicted octanol–water partition coefficient (Wildman–Crippen LogP) is 0.545. The number of aromatic nitrogens is 2. The molecule has 0 spiro atoms. The van der Waals surface area contributed by atoms with Gasteiger partial charge in [0.05, 0.1) is 5.84 Å². The van der Waals surface area contributed by atoms with Gasteiger partial charge in [0.1, 0.15) is 16.5 Å². The van der Waals surface area contributed by atoms with Crippen molar-refractivity contribution >= 4 is 23.4 Å². The van der Waals surface area contributed by atoms with Crippen molar-refractivity contribution in [2.24, 2.45) is 5.73 Å². The molecule has 2 rings (SSSR count). The number of nitrogens with one attached hydrogen (secondary N) is 3. The summed E-state index contributed by atoms with van der Waals surface area (Å²) in [4.78, 5) is 19.5. The first kappa shape index (κ1) is 12.0. The second kappa shape index (κ2) is 4.79. The first-order chi connectivity index (χ1) is 8.10. The van der Waals surface area contributed by atoms with E-state index in [9.17, 15) is 4.79 Å². The minimum absolute atomic E-state index is 0.0732. The zero-order valence-corrected chi connectivity index (χ0v) is 10.4. The largest absolute Gasteiger partial charge is 0.388 e. The number of hydrogen-bond donors (Lipinski definition) is 4. The molecule has 1 atom stereocenters. The summed E-state index contributed by atoms with van der Waals surface area (Å²) in [5.74, 6) is 2.16. The van der Waals surface area contributed by atoms with Crippen LogP contribution in [0.2, 0.25) is 0 Å². The molecule has 92 valence electrons. The van der Waals surface area contributed by atoms with Gasteiger partial charge in [-0.25, -0.2) is 4.98 Å². The molecule has 0 radical (unpaired) electrons. The number of nitrogens with zero attached hydrogens (tertiary/aromatic N) is 1. The summed E-state index contributed by atoms with van der Waals surface area (Å²) in [6.45, 7) is 1.94. The van der Waals surface area contributed by atoms with Crippen molar-refractivity contribution in [2.45, 2.75) is 30.7 Å². The van der Waals surface area contributed by atoms with E-state index in [0.29, 0.717) is 29.4 Å². The van der Waals surface area contributed by atoms with E-state index < -0.39 is 0 Å². The summed E-state index contributed by atoms with van der Waals surface area (Å²) < 4.78 is 0. The molecule has 0 saturated heterocycles. The fourth-order valence-electron chi connectivity index (χ4n) is 1.70. The van der Waals surface area contributed by atoms with Crippen molar-refractivity contribution in [2.75, 3.05) is 11.1 Å². The van der Waals surface area contributed by atoms with E-state index in [0.717, 1.165) is 5.75 Å². The lowest BCUT2D eigenvalue weighted by Crippen LogP contribution is -2.33. The van der Waals surface area contributed by atoms with Crippen LogP contribution in [-0.2, 0) is 6.42 Å². The van der Waals surface area contributed by atoms with Crippen LogP contribution in [-0.4, -0.2) is 27.6 Å². The maximum Gasteiger partial charge on any atom is 0.266 e. The Labute approximate surface area is 103 Å². The summed E-state index contributed by atoms with van der Waals surface area (Å²) in [7, 11) is 0. The third kappa shape index (κ3) is 2.60. The molecule has 0 fully saturated rings. The monoisotopic (exact) mass is 253 g/mol. The van der Waals surface area contributed by atoms with Crippen LogP contribution in [0.15, 0.2) is 9.69 Å². The molecule has 1 aromatic heterocycles. The van der Waals surface area contributed by atoms with Gasteiger partial charge in [-0.2, -0.15) is 0 Å². The Kier molecular flexibility index (Phi) is 3.37. The van der Waals surface area contributed by atoms with E-state index in [2.05, 4.69) is 15.3 Å². The number of nitrogens with two attached hydrogens (primary N) is 1. The Morgan fingerprint density at radius 1 is 1.71 bits per heavy atom. The molecule has 5 N–H and O–H groups in total. The highest BCUT2D eigenvalue weighted by Crippen LogP contribution is 2.29. The van der Waals surface area contributed by atoms with E-state index in [1.807, 2.05) is 6.92 Å². The SMILES string of the molecule is CCc1nc2c(c(=O)[nH]1)SCC(CC(=N)N)N2. The van der Waals surface area contributed by atoms with Crippen molar-refractivity contribution in [3.8, 4) is 0 Å². The van der Waals surface area contributed by atoms with Crippen LogP contribution in [0.5, 0.6) is 0 Å². The normalized spacial score (nSPS) is 18.3. The molecule has 1 aromatic rings. The second-order valence-corrected chi connectivity index (χ2v) is 4.96. The molecular weight excluding hydrogens is 238 g/mol. The summed E-state index contributed by atoms with van der Waals surface area (Å²) in [5, 5.41) is 10.4. The van der Waals surface area contributed by atoms with Crippen molar-refractivity contribution in [1.82, 2.24) is 9.97 Å². The molecule has 1 aliphatic rings. The topological polar surface area (TPSA) is 108 Å². The number of thioether (sulfide) groups is 1. The van der Waals surface area contributed by atoms with Crippen LogP contribution in [0.25, 0.3) is 0 Å². The molecule has 7 heteroatoms. The lowest BCUT2D eigenvalue weighted by atomic mass is 10.2. The Balaban J connectivity index is 2.27. The molecule has 0 aromatic carbocycles. The first-order valence-corrected chi connectivity index (χ1v) is 6.44. The van der Waals surface area contributed by atoms with Gasteiger partial charge in [0.15, 0.2) is 0 Å². The van der Waals surface area contributed by atoms with Gasteiger partial charge in [-0.05, 0) is 0 Å². The molecule has 0 saturated carbocycles. The Morgan fingerprint density at radius 3 is 3.12 bits per heavy atom. The van der Waals surface area contributed by atoms with Gasteiger partial charge in [0.2, 0.25) is 0 Å². The highest BCUT2D eigenvalue weighted by Gasteiger charge is 2.22. The van der Waals surface area contributed by atoms with Gasteiger partial charge < -0.3 is 16.0 Å². The summed E-state index contributed by atoms with van der Waals surface area (Å²) in [5.41, 5.74) is 5.28. The highest BCUT2D eigenvalue weighted by molar-refractivity contribution is 7.99. The fourth-order valence-corrected chi connectivity index (χ4v) is 2.70. The number of aryl methyl sites for hydroxylation is 1. The summed E-state index contributed by atoms with van der Waals surface area (Å²) in [6, 6.07) is 0.0732. The maximum absolute atomic E-state index is 11.7. The zero-order valence-electron chi connectivity index (χ0n) is 9.54. The molecule has 0 amide bonds. The number of hydrogen-bond acceptors (Lipinski definition) is 5. The zero-order chi connectivity index (χ0) is 12.4. The number of H-pyrrole nitrogens is 1. The summed E-state index contributed by atoms with van der Waals surface area (Å²) >= 11 is 1.46. The molecule has 6 nitrogen and oxygen atoms in total. The number of aromatic amines is 1. The minimum atomic E-state index is -0.0920. The molecule has 0 aliphatic carbocycles. The van der Waals surface area contributed by atoms with Gasteiger partial charge in [0, 0.05) is 24.6 Å².